The third kappa shape index (κ3) is 4.01. The maximum atomic E-state index is 12.6. The van der Waals surface area contributed by atoms with Crippen molar-refractivity contribution >= 4 is 5.97 Å². The van der Waals surface area contributed by atoms with Crippen molar-refractivity contribution in [3.8, 4) is 0 Å². The number of aryl methyl sites for hydroxylation is 2. The highest BCUT2D eigenvalue weighted by Crippen LogP contribution is 2.40. The predicted molar refractivity (Wildman–Crippen MR) is 114 cm³/mol. The van der Waals surface area contributed by atoms with E-state index in [1.54, 1.807) is 0 Å². The monoisotopic (exact) mass is 376 g/mol. The minimum atomic E-state index is -0.110. The van der Waals surface area contributed by atoms with Gasteiger partial charge in [0.05, 0.1) is 5.56 Å². The number of fused-ring (bicyclic) bond motifs is 1. The maximum Gasteiger partial charge on any atom is 0.338 e. The molecule has 0 saturated heterocycles. The summed E-state index contributed by atoms with van der Waals surface area (Å²) in [5.41, 5.74) is 6.11. The van der Waals surface area contributed by atoms with Crippen LogP contribution in [0.1, 0.15) is 84.5 Å². The average Bonchev–Trinajstić information content (AvgIpc) is 2.74. The zero-order chi connectivity index (χ0) is 19.5. The number of hydrogen-bond donors (Lipinski definition) is 0. The smallest absolute Gasteiger partial charge is 0.338 e. The zero-order valence-corrected chi connectivity index (χ0v) is 17.2. The Morgan fingerprint density at radius 3 is 2.32 bits per heavy atom. The van der Waals surface area contributed by atoms with Crippen LogP contribution in [0, 0.1) is 5.92 Å². The van der Waals surface area contributed by atoms with Crippen molar-refractivity contribution in [2.45, 2.75) is 77.2 Å². The molecule has 2 heteroatoms. The first-order valence-corrected chi connectivity index (χ1v) is 11.1. The Balaban J connectivity index is 1.39. The molecule has 2 aromatic rings. The fourth-order valence-electron chi connectivity index (χ4n) is 5.01. The van der Waals surface area contributed by atoms with Crippen molar-refractivity contribution in [2.24, 2.45) is 5.92 Å². The van der Waals surface area contributed by atoms with Gasteiger partial charge in [-0.1, -0.05) is 56.7 Å². The summed E-state index contributed by atoms with van der Waals surface area (Å²) in [6.07, 6.45) is 8.87. The van der Waals surface area contributed by atoms with Gasteiger partial charge >= 0.3 is 5.97 Å². The Morgan fingerprint density at radius 2 is 1.64 bits per heavy atom. The lowest BCUT2D eigenvalue weighted by atomic mass is 9.75. The summed E-state index contributed by atoms with van der Waals surface area (Å²) in [6.45, 7) is 4.37. The van der Waals surface area contributed by atoms with Gasteiger partial charge in [0, 0.05) is 6.42 Å². The van der Waals surface area contributed by atoms with Gasteiger partial charge in [-0.25, -0.2) is 4.79 Å². The molecule has 2 nitrogen and oxygen atoms in total. The van der Waals surface area contributed by atoms with E-state index in [0.29, 0.717) is 11.8 Å². The van der Waals surface area contributed by atoms with Gasteiger partial charge in [-0.05, 0) is 78.7 Å². The Kier molecular flexibility index (Phi) is 5.85. The van der Waals surface area contributed by atoms with Crippen molar-refractivity contribution in [2.75, 3.05) is 0 Å². The molecular weight excluding hydrogens is 344 g/mol. The van der Waals surface area contributed by atoms with E-state index in [1.165, 1.54) is 35.1 Å². The first kappa shape index (κ1) is 19.2. The van der Waals surface area contributed by atoms with Crippen LogP contribution in [0.3, 0.4) is 0 Å². The number of benzene rings is 2. The first-order valence-electron chi connectivity index (χ1n) is 11.1. The standard InChI is InChI=1S/C26H32O2/c1-3-5-19-8-11-23-17-25(28-26(27)24(23)16-19)22-14-12-21(13-15-22)20-9-6-18(4-2)7-10-20/h6-11,16,21-22,25H,3-5,12-15,17H2,1-2H3. The van der Waals surface area contributed by atoms with Gasteiger partial charge in [0.25, 0.3) is 0 Å². The molecule has 0 bridgehead atoms. The zero-order valence-electron chi connectivity index (χ0n) is 17.2. The minimum Gasteiger partial charge on any atom is -0.458 e. The maximum absolute atomic E-state index is 12.6. The second-order valence-corrected chi connectivity index (χ2v) is 8.60. The third-order valence-electron chi connectivity index (χ3n) is 6.77. The lowest BCUT2D eigenvalue weighted by molar-refractivity contribution is 0.00178. The second kappa shape index (κ2) is 8.51. The summed E-state index contributed by atoms with van der Waals surface area (Å²) in [5.74, 6) is 1.05. The normalized spacial score (nSPS) is 24.5. The molecule has 1 aliphatic heterocycles. The van der Waals surface area contributed by atoms with Gasteiger partial charge in [0.2, 0.25) is 0 Å². The molecule has 28 heavy (non-hydrogen) atoms. The number of carbonyl (C=O) groups is 1. The third-order valence-corrected chi connectivity index (χ3v) is 6.77. The van der Waals surface area contributed by atoms with Gasteiger partial charge < -0.3 is 4.74 Å². The van der Waals surface area contributed by atoms with Gasteiger partial charge in [0.1, 0.15) is 6.10 Å². The largest absolute Gasteiger partial charge is 0.458 e. The van der Waals surface area contributed by atoms with E-state index >= 15 is 0 Å². The molecule has 0 aromatic heterocycles. The van der Waals surface area contributed by atoms with Gasteiger partial charge in [-0.3, -0.25) is 0 Å². The lowest BCUT2D eigenvalue weighted by Gasteiger charge is -2.36. The molecule has 1 fully saturated rings. The van der Waals surface area contributed by atoms with Crippen LogP contribution in [0.2, 0.25) is 0 Å². The van der Waals surface area contributed by atoms with Crippen LogP contribution in [0.15, 0.2) is 42.5 Å². The van der Waals surface area contributed by atoms with Gasteiger partial charge in [-0.2, -0.15) is 0 Å². The van der Waals surface area contributed by atoms with Crippen LogP contribution in [0.25, 0.3) is 0 Å². The number of ether oxygens (including phenoxy) is 1. The molecule has 1 aliphatic carbocycles. The highest BCUT2D eigenvalue weighted by Gasteiger charge is 2.34. The molecule has 0 spiro atoms. The number of carbonyl (C=O) groups excluding carboxylic acids is 1. The van der Waals surface area contributed by atoms with E-state index < -0.39 is 0 Å². The molecule has 4 rings (SSSR count). The number of cyclic esters (lactones) is 1. The summed E-state index contributed by atoms with van der Waals surface area (Å²) in [4.78, 5) is 12.6. The Bertz CT molecular complexity index is 813. The molecule has 2 aliphatic rings. The topological polar surface area (TPSA) is 26.3 Å². The van der Waals surface area contributed by atoms with Crippen molar-refractivity contribution in [3.63, 3.8) is 0 Å². The Hall–Kier alpha value is -2.09. The number of rotatable bonds is 5. The summed E-state index contributed by atoms with van der Waals surface area (Å²) >= 11 is 0. The summed E-state index contributed by atoms with van der Waals surface area (Å²) < 4.78 is 5.92. The molecule has 1 unspecified atom stereocenters. The fourth-order valence-corrected chi connectivity index (χ4v) is 5.01. The van der Waals surface area contributed by atoms with Crippen molar-refractivity contribution in [1.29, 1.82) is 0 Å². The first-order chi connectivity index (χ1) is 13.7. The number of hydrogen-bond acceptors (Lipinski definition) is 2. The molecule has 0 amide bonds. The van der Waals surface area contributed by atoms with Crippen LogP contribution in [-0.2, 0) is 24.0 Å². The van der Waals surface area contributed by atoms with E-state index in [1.807, 2.05) is 6.07 Å². The predicted octanol–water partition coefficient (Wildman–Crippen LogP) is 6.26. The Morgan fingerprint density at radius 1 is 0.929 bits per heavy atom. The van der Waals surface area contributed by atoms with Crippen molar-refractivity contribution in [3.05, 3.63) is 70.3 Å². The van der Waals surface area contributed by atoms with E-state index in [4.69, 9.17) is 4.74 Å². The van der Waals surface area contributed by atoms with Crippen LogP contribution >= 0.6 is 0 Å². The molecule has 0 radical (unpaired) electrons. The molecule has 148 valence electrons. The Labute approximate surface area is 169 Å². The highest BCUT2D eigenvalue weighted by molar-refractivity contribution is 5.92. The van der Waals surface area contributed by atoms with Crippen molar-refractivity contribution < 1.29 is 9.53 Å². The van der Waals surface area contributed by atoms with E-state index in [2.05, 4.69) is 50.2 Å². The highest BCUT2D eigenvalue weighted by atomic mass is 16.5. The molecule has 1 saturated carbocycles. The minimum absolute atomic E-state index is 0.0560. The van der Waals surface area contributed by atoms with E-state index in [9.17, 15) is 4.79 Å². The van der Waals surface area contributed by atoms with Gasteiger partial charge in [0.15, 0.2) is 0 Å². The summed E-state index contributed by atoms with van der Waals surface area (Å²) in [7, 11) is 0. The average molecular weight is 377 g/mol. The SMILES string of the molecule is CCCc1ccc2c(c1)C(=O)OC(C1CCC(c3ccc(CC)cc3)CC1)C2. The van der Waals surface area contributed by atoms with E-state index in [0.717, 1.165) is 44.1 Å². The molecule has 2 aromatic carbocycles. The second-order valence-electron chi connectivity index (χ2n) is 8.60. The number of esters is 1. The van der Waals surface area contributed by atoms with E-state index in [-0.39, 0.29) is 12.1 Å². The fraction of sp³-hybridized carbons (Fsp3) is 0.500. The van der Waals surface area contributed by atoms with Crippen LogP contribution in [-0.4, -0.2) is 12.1 Å². The molecule has 0 N–H and O–H groups in total. The molecule has 1 heterocycles. The van der Waals surface area contributed by atoms with Crippen molar-refractivity contribution in [1.82, 2.24) is 0 Å². The quantitative estimate of drug-likeness (QED) is 0.576. The summed E-state index contributed by atoms with van der Waals surface area (Å²) in [5, 5.41) is 0. The van der Waals surface area contributed by atoms with Crippen LogP contribution < -0.4 is 0 Å². The molecular formula is C26H32O2. The molecule has 1 atom stereocenters. The lowest BCUT2D eigenvalue weighted by Crippen LogP contribution is -2.35. The summed E-state index contributed by atoms with van der Waals surface area (Å²) in [6, 6.07) is 15.6. The van der Waals surface area contributed by atoms with Crippen LogP contribution in [0.5, 0.6) is 0 Å². The van der Waals surface area contributed by atoms with Crippen LogP contribution in [0.4, 0.5) is 0 Å². The van der Waals surface area contributed by atoms with Gasteiger partial charge in [-0.15, -0.1) is 0 Å².